The number of nitrogens with zero attached hydrogens (tertiary/aromatic N) is 6. The number of aromatic nitrogens is 3. The molecule has 18 nitrogen and oxygen atoms in total. The fourth-order valence-electron chi connectivity index (χ4n) is 3.36. The number of carboxylic acid groups (broad SMARTS) is 1. The molecule has 44 heavy (non-hydrogen) atoms. The lowest BCUT2D eigenvalue weighted by Crippen LogP contribution is -2.07. The standard InChI is InChI=1S/C23H18ClN9O9S2/c24-21-27-22(25)29-23(28-21)26-16-9-13(44(40,41)42)10-17(18(16)34)31-33-19(11-4-2-1-3-5-11)32-30-15-8-12(43(37,38)39)6-7-14(15)20(35)36/h1-10,31,34H,(H,35,36)(H,37,38,39)(H,40,41,42)(H3,25,26,27,28,29)/b32-30?,33-19+. The molecule has 0 amide bonds. The first kappa shape index (κ1) is 31.7. The van der Waals surface area contributed by atoms with Crippen molar-refractivity contribution in [1.29, 1.82) is 0 Å². The van der Waals surface area contributed by atoms with Crippen LogP contribution in [-0.4, -0.2) is 62.9 Å². The van der Waals surface area contributed by atoms with Gasteiger partial charge >= 0.3 is 5.97 Å². The zero-order chi connectivity index (χ0) is 32.2. The minimum absolute atomic E-state index is 0.269. The average molecular weight is 664 g/mol. The molecule has 0 atom stereocenters. The zero-order valence-electron chi connectivity index (χ0n) is 21.6. The summed E-state index contributed by atoms with van der Waals surface area (Å²) in [6, 6.07) is 12.1. The van der Waals surface area contributed by atoms with Gasteiger partial charge in [-0.3, -0.25) is 14.5 Å². The number of aromatic carboxylic acids is 1. The van der Waals surface area contributed by atoms with Gasteiger partial charge in [0.1, 0.15) is 11.4 Å². The Bertz CT molecular complexity index is 2020. The van der Waals surface area contributed by atoms with Gasteiger partial charge < -0.3 is 21.3 Å². The summed E-state index contributed by atoms with van der Waals surface area (Å²) in [5.74, 6) is -3.01. The molecule has 4 rings (SSSR count). The van der Waals surface area contributed by atoms with Crippen molar-refractivity contribution in [2.75, 3.05) is 16.5 Å². The highest BCUT2D eigenvalue weighted by Crippen LogP contribution is 2.37. The molecule has 1 heterocycles. The topological polar surface area (TPSA) is 292 Å². The first-order chi connectivity index (χ1) is 20.6. The number of hydrazone groups is 1. The zero-order valence-corrected chi connectivity index (χ0v) is 23.9. The Hall–Kier alpha value is -5.28. The molecule has 21 heteroatoms. The lowest BCUT2D eigenvalue weighted by Gasteiger charge is -2.13. The number of hydrogen-bond acceptors (Lipinski definition) is 14. The van der Waals surface area contributed by atoms with Crippen molar-refractivity contribution in [3.8, 4) is 5.75 Å². The van der Waals surface area contributed by atoms with E-state index in [1.807, 2.05) is 0 Å². The SMILES string of the molecule is Nc1nc(Cl)nc(Nc2cc(S(=O)(=O)O)cc(N/N=C(/N=Nc3cc(S(=O)(=O)O)ccc3C(=O)O)c3ccccc3)c2O)n1. The number of nitrogen functional groups attached to an aromatic ring is 1. The first-order valence-electron chi connectivity index (χ1n) is 11.6. The van der Waals surface area contributed by atoms with Crippen molar-refractivity contribution in [1.82, 2.24) is 15.0 Å². The lowest BCUT2D eigenvalue weighted by molar-refractivity contribution is 0.0697. The van der Waals surface area contributed by atoms with E-state index in [1.54, 1.807) is 18.2 Å². The van der Waals surface area contributed by atoms with Gasteiger partial charge in [-0.25, -0.2) is 4.79 Å². The number of anilines is 4. The summed E-state index contributed by atoms with van der Waals surface area (Å²) in [4.78, 5) is 21.4. The molecule has 3 aromatic carbocycles. The van der Waals surface area contributed by atoms with Crippen molar-refractivity contribution >= 4 is 72.6 Å². The Morgan fingerprint density at radius 3 is 2.16 bits per heavy atom. The quantitative estimate of drug-likeness (QED) is 0.0337. The summed E-state index contributed by atoms with van der Waals surface area (Å²) >= 11 is 5.76. The molecule has 0 saturated heterocycles. The largest absolute Gasteiger partial charge is 0.504 e. The maximum Gasteiger partial charge on any atom is 0.337 e. The van der Waals surface area contributed by atoms with Crippen molar-refractivity contribution in [2.24, 2.45) is 15.3 Å². The second-order valence-corrected chi connectivity index (χ2v) is 11.5. The van der Waals surface area contributed by atoms with Gasteiger partial charge in [-0.1, -0.05) is 30.3 Å². The van der Waals surface area contributed by atoms with Crippen molar-refractivity contribution in [2.45, 2.75) is 9.79 Å². The van der Waals surface area contributed by atoms with Gasteiger partial charge in [0.15, 0.2) is 5.75 Å². The van der Waals surface area contributed by atoms with Crippen LogP contribution in [0, 0.1) is 0 Å². The maximum absolute atomic E-state index is 12.0. The normalized spacial score (nSPS) is 12.3. The Balaban J connectivity index is 1.81. The molecule has 0 spiro atoms. The third-order valence-corrected chi connectivity index (χ3v) is 7.17. The fourth-order valence-corrected chi connectivity index (χ4v) is 4.56. The third kappa shape index (κ3) is 7.76. The van der Waals surface area contributed by atoms with Gasteiger partial charge in [0.2, 0.25) is 23.0 Å². The minimum Gasteiger partial charge on any atom is -0.504 e. The number of carboxylic acids is 1. The van der Waals surface area contributed by atoms with Crippen LogP contribution < -0.4 is 16.5 Å². The van der Waals surface area contributed by atoms with Crippen LogP contribution in [0.2, 0.25) is 5.28 Å². The molecule has 4 aromatic rings. The molecule has 0 aliphatic heterocycles. The molecule has 0 radical (unpaired) electrons. The van der Waals surface area contributed by atoms with E-state index in [0.717, 1.165) is 30.3 Å². The number of benzene rings is 3. The number of azo groups is 1. The Morgan fingerprint density at radius 1 is 0.886 bits per heavy atom. The number of phenols is 1. The van der Waals surface area contributed by atoms with E-state index in [1.165, 1.54) is 12.1 Å². The highest BCUT2D eigenvalue weighted by atomic mass is 35.5. The highest BCUT2D eigenvalue weighted by Gasteiger charge is 2.20. The fraction of sp³-hybridized carbons (Fsp3) is 0. The van der Waals surface area contributed by atoms with Crippen LogP contribution in [-0.2, 0) is 20.2 Å². The Labute approximate surface area is 252 Å². The van der Waals surface area contributed by atoms with Gasteiger partial charge in [-0.2, -0.15) is 36.9 Å². The van der Waals surface area contributed by atoms with E-state index in [2.05, 4.69) is 41.0 Å². The number of hydrogen-bond donors (Lipinski definition) is 7. The van der Waals surface area contributed by atoms with Crippen LogP contribution in [0.15, 0.2) is 85.8 Å². The number of nitrogens with two attached hydrogens (primary N) is 1. The van der Waals surface area contributed by atoms with Crippen LogP contribution in [0.1, 0.15) is 15.9 Å². The summed E-state index contributed by atoms with van der Waals surface area (Å²) < 4.78 is 66.1. The number of rotatable bonds is 9. The predicted molar refractivity (Wildman–Crippen MR) is 155 cm³/mol. The molecule has 0 unspecified atom stereocenters. The smallest absolute Gasteiger partial charge is 0.337 e. The molecule has 0 aliphatic rings. The third-order valence-electron chi connectivity index (χ3n) is 5.32. The van der Waals surface area contributed by atoms with E-state index in [4.69, 9.17) is 17.3 Å². The van der Waals surface area contributed by atoms with Gasteiger partial charge in [-0.05, 0) is 41.9 Å². The van der Waals surface area contributed by atoms with Crippen LogP contribution in [0.3, 0.4) is 0 Å². The Morgan fingerprint density at radius 2 is 1.55 bits per heavy atom. The lowest BCUT2D eigenvalue weighted by atomic mass is 10.2. The highest BCUT2D eigenvalue weighted by molar-refractivity contribution is 7.86. The van der Waals surface area contributed by atoms with E-state index in [-0.39, 0.29) is 34.3 Å². The van der Waals surface area contributed by atoms with Crippen LogP contribution in [0.25, 0.3) is 0 Å². The molecule has 1 aromatic heterocycles. The molecule has 0 bridgehead atoms. The predicted octanol–water partition coefficient (Wildman–Crippen LogP) is 3.31. The second kappa shape index (κ2) is 12.5. The molecular formula is C23H18ClN9O9S2. The van der Waals surface area contributed by atoms with Gasteiger partial charge in [0, 0.05) is 5.56 Å². The van der Waals surface area contributed by atoms with Crippen LogP contribution in [0.4, 0.5) is 29.0 Å². The summed E-state index contributed by atoms with van der Waals surface area (Å²) in [5, 5.41) is 34.3. The van der Waals surface area contributed by atoms with E-state index >= 15 is 0 Å². The summed E-state index contributed by atoms with van der Waals surface area (Å²) in [6.45, 7) is 0. The molecule has 8 N–H and O–H groups in total. The van der Waals surface area contributed by atoms with Crippen molar-refractivity contribution in [3.63, 3.8) is 0 Å². The minimum atomic E-state index is -4.85. The van der Waals surface area contributed by atoms with Crippen LogP contribution >= 0.6 is 11.6 Å². The average Bonchev–Trinajstić information content (AvgIpc) is 2.93. The molecule has 0 fully saturated rings. The van der Waals surface area contributed by atoms with E-state index in [9.17, 15) is 40.9 Å². The second-order valence-electron chi connectivity index (χ2n) is 8.33. The molecule has 228 valence electrons. The molecular weight excluding hydrogens is 646 g/mol. The van der Waals surface area contributed by atoms with E-state index < -0.39 is 58.7 Å². The summed E-state index contributed by atoms with van der Waals surface area (Å²) in [6.07, 6.45) is 0. The van der Waals surface area contributed by atoms with E-state index in [0.29, 0.717) is 0 Å². The molecule has 0 saturated carbocycles. The summed E-state index contributed by atoms with van der Waals surface area (Å²) in [7, 11) is -9.57. The number of nitrogens with one attached hydrogen (secondary N) is 2. The number of carbonyl (C=O) groups is 1. The number of aromatic hydroxyl groups is 1. The van der Waals surface area contributed by atoms with Crippen molar-refractivity contribution < 1.29 is 40.9 Å². The van der Waals surface area contributed by atoms with Gasteiger partial charge in [-0.15, -0.1) is 10.2 Å². The van der Waals surface area contributed by atoms with Gasteiger partial charge in [0.05, 0.1) is 21.0 Å². The monoisotopic (exact) mass is 663 g/mol. The first-order valence-corrected chi connectivity index (χ1v) is 14.8. The number of phenolic OH excluding ortho intramolecular Hbond substituents is 1. The van der Waals surface area contributed by atoms with Gasteiger partial charge in [0.25, 0.3) is 20.2 Å². The van der Waals surface area contributed by atoms with Crippen LogP contribution in [0.5, 0.6) is 5.75 Å². The number of halogens is 1. The summed E-state index contributed by atoms with van der Waals surface area (Å²) in [5.41, 5.74) is 6.52. The number of amidine groups is 1. The maximum atomic E-state index is 12.0. The Kier molecular flexibility index (Phi) is 9.01. The molecule has 0 aliphatic carbocycles. The van der Waals surface area contributed by atoms with Crippen molar-refractivity contribution in [3.05, 3.63) is 77.1 Å².